The van der Waals surface area contributed by atoms with E-state index in [-0.39, 0.29) is 30.0 Å². The lowest BCUT2D eigenvalue weighted by atomic mass is 9.87. The Kier molecular flexibility index (Phi) is 6.42. The number of alkyl halides is 6. The van der Waals surface area contributed by atoms with Gasteiger partial charge in [0.2, 0.25) is 5.89 Å². The van der Waals surface area contributed by atoms with Gasteiger partial charge in [0.1, 0.15) is 11.5 Å². The predicted octanol–water partition coefficient (Wildman–Crippen LogP) is 7.21. The Hall–Kier alpha value is -3.01. The summed E-state index contributed by atoms with van der Waals surface area (Å²) in [5, 5.41) is 9.78. The number of fused-ring (bicyclic) bond motifs is 1. The third-order valence-electron chi connectivity index (χ3n) is 6.89. The minimum absolute atomic E-state index is 0.00870. The van der Waals surface area contributed by atoms with Crippen molar-refractivity contribution in [3.8, 4) is 11.5 Å². The largest absolute Gasteiger partial charge is 0.441 e. The third kappa shape index (κ3) is 4.71. The van der Waals surface area contributed by atoms with Crippen molar-refractivity contribution in [1.29, 1.82) is 0 Å². The van der Waals surface area contributed by atoms with Crippen molar-refractivity contribution in [2.45, 2.75) is 77.0 Å². The Morgan fingerprint density at radius 3 is 2.05 bits per heavy atom. The second kappa shape index (κ2) is 8.79. The maximum absolute atomic E-state index is 13.3. The highest BCUT2D eigenvalue weighted by atomic mass is 19.4. The summed E-state index contributed by atoms with van der Waals surface area (Å²) in [7, 11) is 0. The first kappa shape index (κ1) is 27.0. The van der Waals surface area contributed by atoms with E-state index in [0.29, 0.717) is 29.1 Å². The number of rotatable bonds is 4. The van der Waals surface area contributed by atoms with E-state index >= 15 is 0 Å². The van der Waals surface area contributed by atoms with Crippen molar-refractivity contribution in [3.63, 3.8) is 0 Å². The first-order valence-corrected chi connectivity index (χ1v) is 11.8. The van der Waals surface area contributed by atoms with Crippen LogP contribution < -0.4 is 4.90 Å². The molecule has 1 aliphatic heterocycles. The molecule has 4 rings (SSSR count). The fraction of sp³-hybridized carbons (Fsp3) is 0.444. The van der Waals surface area contributed by atoms with Gasteiger partial charge in [0.05, 0.1) is 6.54 Å². The molecule has 2 heterocycles. The summed E-state index contributed by atoms with van der Waals surface area (Å²) in [6, 6.07) is 10.3. The molecule has 200 valence electrons. The normalized spacial score (nSPS) is 16.9. The summed E-state index contributed by atoms with van der Waals surface area (Å²) in [5.41, 5.74) is -2.88. The summed E-state index contributed by atoms with van der Waals surface area (Å²) < 4.78 is 86.0. The fourth-order valence-electron chi connectivity index (χ4n) is 4.62. The molecule has 0 saturated heterocycles. The number of aliphatic hydroxyl groups is 1. The number of aryl methyl sites for hydroxylation is 1. The number of anilines is 1. The maximum Gasteiger partial charge on any atom is 0.430 e. The van der Waals surface area contributed by atoms with Gasteiger partial charge in [-0.15, -0.1) is 0 Å². The quantitative estimate of drug-likeness (QED) is 0.365. The Morgan fingerprint density at radius 2 is 1.51 bits per heavy atom. The molecule has 1 atom stereocenters. The Labute approximate surface area is 210 Å². The molecule has 0 aliphatic carbocycles. The average Bonchev–Trinajstić information content (AvgIpc) is 3.30. The van der Waals surface area contributed by atoms with E-state index in [0.717, 1.165) is 17.2 Å². The van der Waals surface area contributed by atoms with E-state index in [9.17, 15) is 31.4 Å². The van der Waals surface area contributed by atoms with Crippen LogP contribution in [0.25, 0.3) is 11.5 Å². The summed E-state index contributed by atoms with van der Waals surface area (Å²) in [5.74, 6) is 0.992. The topological polar surface area (TPSA) is 49.5 Å². The lowest BCUT2D eigenvalue weighted by Crippen LogP contribution is -2.53. The van der Waals surface area contributed by atoms with Gasteiger partial charge >= 0.3 is 12.4 Å². The average molecular weight is 527 g/mol. The van der Waals surface area contributed by atoms with Crippen molar-refractivity contribution in [2.75, 3.05) is 4.90 Å². The van der Waals surface area contributed by atoms with Crippen LogP contribution in [0.15, 0.2) is 46.9 Å². The van der Waals surface area contributed by atoms with Gasteiger partial charge in [-0.3, -0.25) is 0 Å². The molecule has 0 fully saturated rings. The van der Waals surface area contributed by atoms with Gasteiger partial charge in [-0.2, -0.15) is 26.3 Å². The molecule has 1 unspecified atom stereocenters. The second-order valence-electron chi connectivity index (χ2n) is 10.6. The van der Waals surface area contributed by atoms with E-state index in [1.54, 1.807) is 6.92 Å². The van der Waals surface area contributed by atoms with Gasteiger partial charge in [0, 0.05) is 22.9 Å². The van der Waals surface area contributed by atoms with Gasteiger partial charge in [-0.05, 0) is 55.0 Å². The lowest BCUT2D eigenvalue weighted by molar-refractivity contribution is -0.376. The van der Waals surface area contributed by atoms with Crippen LogP contribution in [0.1, 0.15) is 55.8 Å². The molecular weight excluding hydrogens is 498 g/mol. The van der Waals surface area contributed by atoms with Crippen LogP contribution in [-0.4, -0.2) is 28.5 Å². The van der Waals surface area contributed by atoms with E-state index < -0.39 is 23.5 Å². The number of hydrogen-bond donors (Lipinski definition) is 1. The van der Waals surface area contributed by atoms with Crippen molar-refractivity contribution < 1.29 is 35.9 Å². The van der Waals surface area contributed by atoms with Crippen molar-refractivity contribution in [2.24, 2.45) is 0 Å². The molecule has 37 heavy (non-hydrogen) atoms. The fourth-order valence-corrected chi connectivity index (χ4v) is 4.62. The van der Waals surface area contributed by atoms with Gasteiger partial charge in [-0.1, -0.05) is 45.0 Å². The van der Waals surface area contributed by atoms with Crippen molar-refractivity contribution >= 4 is 5.69 Å². The molecule has 0 radical (unpaired) electrons. The van der Waals surface area contributed by atoms with E-state index in [2.05, 4.69) is 25.8 Å². The van der Waals surface area contributed by atoms with Gasteiger partial charge in [0.25, 0.3) is 5.60 Å². The third-order valence-corrected chi connectivity index (χ3v) is 6.89. The molecule has 10 heteroatoms. The Bertz CT molecular complexity index is 1270. The molecule has 1 aliphatic rings. The highest BCUT2D eigenvalue weighted by molar-refractivity contribution is 5.62. The monoisotopic (exact) mass is 526 g/mol. The predicted molar refractivity (Wildman–Crippen MR) is 127 cm³/mol. The highest BCUT2D eigenvalue weighted by Gasteiger charge is 2.71. The summed E-state index contributed by atoms with van der Waals surface area (Å²) in [4.78, 5) is 6.48. The van der Waals surface area contributed by atoms with Crippen LogP contribution in [0.5, 0.6) is 0 Å². The maximum atomic E-state index is 13.3. The van der Waals surface area contributed by atoms with Gasteiger partial charge < -0.3 is 14.4 Å². The second-order valence-corrected chi connectivity index (χ2v) is 10.6. The van der Waals surface area contributed by atoms with Crippen LogP contribution in [0.2, 0.25) is 0 Å². The first-order valence-electron chi connectivity index (χ1n) is 11.8. The number of nitrogens with zero attached hydrogens (tertiary/aromatic N) is 2. The zero-order valence-corrected chi connectivity index (χ0v) is 21.1. The van der Waals surface area contributed by atoms with Crippen molar-refractivity contribution in [1.82, 2.24) is 4.98 Å². The molecule has 3 aromatic rings. The number of oxazole rings is 1. The van der Waals surface area contributed by atoms with Crippen LogP contribution >= 0.6 is 0 Å². The van der Waals surface area contributed by atoms with Crippen LogP contribution in [0.3, 0.4) is 0 Å². The molecule has 4 nitrogen and oxygen atoms in total. The zero-order chi connectivity index (χ0) is 27.6. The minimum atomic E-state index is -5.93. The zero-order valence-electron chi connectivity index (χ0n) is 21.1. The molecule has 0 saturated carbocycles. The van der Waals surface area contributed by atoms with E-state index in [4.69, 9.17) is 4.42 Å². The number of benzene rings is 2. The van der Waals surface area contributed by atoms with E-state index in [1.165, 1.54) is 6.07 Å². The number of hydrogen-bond acceptors (Lipinski definition) is 4. The summed E-state index contributed by atoms with van der Waals surface area (Å²) in [6.45, 7) is 10.2. The lowest BCUT2D eigenvalue weighted by Gasteiger charge is -2.33. The van der Waals surface area contributed by atoms with Crippen LogP contribution in [0.4, 0.5) is 32.0 Å². The Morgan fingerprint density at radius 1 is 0.946 bits per heavy atom. The standard InChI is InChI=1S/C27H28F6N2O2/c1-15-12-18-13-20(25(36,26(28,29)30)27(31,32)33)10-11-22(18)35(15)14-21-16(2)37-23(34-21)17-6-8-19(9-7-17)24(3,4)5/h6-11,13,15,36H,12,14H2,1-5H3. The molecule has 1 N–H and O–H groups in total. The van der Waals surface area contributed by atoms with Crippen LogP contribution in [-0.2, 0) is 24.0 Å². The SMILES string of the molecule is Cc1oc(-c2ccc(C(C)(C)C)cc2)nc1CN1c2ccc(C(O)(C(F)(F)F)C(F)(F)F)cc2CC1C. The van der Waals surface area contributed by atoms with Gasteiger partial charge in [-0.25, -0.2) is 4.98 Å². The van der Waals surface area contributed by atoms with Crippen LogP contribution in [0, 0.1) is 6.92 Å². The van der Waals surface area contributed by atoms with E-state index in [1.807, 2.05) is 36.1 Å². The number of halogens is 6. The molecule has 1 aromatic heterocycles. The number of aromatic nitrogens is 1. The molecule has 0 amide bonds. The molecular formula is C27H28F6N2O2. The summed E-state index contributed by atoms with van der Waals surface area (Å²) >= 11 is 0. The minimum Gasteiger partial charge on any atom is -0.441 e. The smallest absolute Gasteiger partial charge is 0.430 e. The molecule has 0 bridgehead atoms. The first-order chi connectivity index (χ1) is 16.9. The highest BCUT2D eigenvalue weighted by Crippen LogP contribution is 2.51. The Balaban J connectivity index is 1.62. The molecule has 0 spiro atoms. The van der Waals surface area contributed by atoms with Gasteiger partial charge in [0.15, 0.2) is 0 Å². The summed E-state index contributed by atoms with van der Waals surface area (Å²) in [6.07, 6.45) is -11.6. The molecule has 2 aromatic carbocycles. The van der Waals surface area contributed by atoms with Crippen molar-refractivity contribution in [3.05, 3.63) is 70.6 Å².